The molecule has 0 spiro atoms. The van der Waals surface area contributed by atoms with Crippen LogP contribution in [-0.4, -0.2) is 45.2 Å². The van der Waals surface area contributed by atoms with Crippen molar-refractivity contribution in [2.45, 2.75) is 63.7 Å². The normalized spacial score (nSPS) is 18.4. The molecule has 1 aromatic carbocycles. The Morgan fingerprint density at radius 1 is 1.05 bits per heavy atom. The van der Waals surface area contributed by atoms with Crippen LogP contribution in [0.25, 0.3) is 5.65 Å². The molecule has 38 heavy (non-hydrogen) atoms. The molecule has 7 nitrogen and oxygen atoms in total. The second-order valence-electron chi connectivity index (χ2n) is 10.6. The van der Waals surface area contributed by atoms with Gasteiger partial charge in [0.25, 0.3) is 5.91 Å². The number of piperidine rings is 1. The van der Waals surface area contributed by atoms with E-state index in [0.717, 1.165) is 67.4 Å². The first kappa shape index (κ1) is 26.2. The van der Waals surface area contributed by atoms with Crippen molar-refractivity contribution in [1.82, 2.24) is 19.6 Å². The van der Waals surface area contributed by atoms with Crippen LogP contribution < -0.4 is 10.6 Å². The van der Waals surface area contributed by atoms with Gasteiger partial charge in [0, 0.05) is 23.8 Å². The van der Waals surface area contributed by atoms with Crippen LogP contribution in [-0.2, 0) is 16.5 Å². The molecule has 0 bridgehead atoms. The number of fused-ring (bicyclic) bond motifs is 1. The van der Waals surface area contributed by atoms with Crippen LogP contribution in [0.5, 0.6) is 0 Å². The smallest absolute Gasteiger partial charge is 0.346 e. The number of carbonyl (C=O) groups excluding carboxylic acids is 2. The van der Waals surface area contributed by atoms with Gasteiger partial charge in [-0.2, -0.15) is 13.2 Å². The van der Waals surface area contributed by atoms with Crippen molar-refractivity contribution in [3.8, 4) is 0 Å². The number of benzene rings is 1. The zero-order chi connectivity index (χ0) is 27.1. The van der Waals surface area contributed by atoms with Gasteiger partial charge in [-0.05, 0) is 88.9 Å². The SMILES string of the molecule is CC(C)N1CCC(C(=O)NC2(c3ccc(NC(=O)c4cn5c(C(F)(F)F)cccc5n4)cc3)CCC2)CC1. The lowest BCUT2D eigenvalue weighted by Crippen LogP contribution is -2.53. The summed E-state index contributed by atoms with van der Waals surface area (Å²) in [4.78, 5) is 32.3. The number of hydrogen-bond donors (Lipinski definition) is 2. The Hall–Kier alpha value is -3.40. The van der Waals surface area contributed by atoms with Crippen LogP contribution in [0.15, 0.2) is 48.7 Å². The lowest BCUT2D eigenvalue weighted by Gasteiger charge is -2.44. The number of rotatable bonds is 6. The van der Waals surface area contributed by atoms with E-state index in [2.05, 4.69) is 34.4 Å². The minimum atomic E-state index is -4.57. The number of aromatic nitrogens is 2. The quantitative estimate of drug-likeness (QED) is 0.461. The number of carbonyl (C=O) groups is 2. The molecule has 1 aliphatic heterocycles. The first-order valence-corrected chi connectivity index (χ1v) is 13.1. The highest BCUT2D eigenvalue weighted by Crippen LogP contribution is 2.42. The van der Waals surface area contributed by atoms with Gasteiger partial charge in [0.05, 0.1) is 5.54 Å². The number of nitrogens with one attached hydrogen (secondary N) is 2. The molecule has 3 heterocycles. The fourth-order valence-corrected chi connectivity index (χ4v) is 5.45. The molecular weight excluding hydrogens is 495 g/mol. The molecule has 1 aliphatic carbocycles. The Bertz CT molecular complexity index is 1320. The summed E-state index contributed by atoms with van der Waals surface area (Å²) in [6, 6.07) is 11.4. The van der Waals surface area contributed by atoms with E-state index in [1.54, 1.807) is 12.1 Å². The van der Waals surface area contributed by atoms with Crippen LogP contribution in [0.4, 0.5) is 18.9 Å². The summed E-state index contributed by atoms with van der Waals surface area (Å²) in [6.07, 6.45) is 0.986. The van der Waals surface area contributed by atoms with Crippen LogP contribution >= 0.6 is 0 Å². The predicted molar refractivity (Wildman–Crippen MR) is 138 cm³/mol. The molecule has 2 aromatic heterocycles. The maximum absolute atomic E-state index is 13.3. The molecule has 2 aliphatic rings. The van der Waals surface area contributed by atoms with E-state index in [1.165, 1.54) is 12.1 Å². The third-order valence-corrected chi connectivity index (χ3v) is 7.91. The first-order chi connectivity index (χ1) is 18.1. The Labute approximate surface area is 219 Å². The highest BCUT2D eigenvalue weighted by Gasteiger charge is 2.41. The predicted octanol–water partition coefficient (Wildman–Crippen LogP) is 5.22. The second kappa shape index (κ2) is 10.1. The lowest BCUT2D eigenvalue weighted by atomic mass is 9.71. The standard InChI is InChI=1S/C28H32F3N5O2/c1-18(2)35-15-11-19(12-16-35)25(37)34-27(13-4-14-27)20-7-9-21(10-8-20)32-26(38)22-17-36-23(28(29,30)31)5-3-6-24(36)33-22/h3,5-10,17-19H,4,11-16H2,1-2H3,(H,32,38)(H,34,37). The third-order valence-electron chi connectivity index (χ3n) is 7.91. The first-order valence-electron chi connectivity index (χ1n) is 13.1. The molecule has 0 unspecified atom stereocenters. The number of pyridine rings is 1. The number of anilines is 1. The maximum atomic E-state index is 13.3. The number of imidazole rings is 1. The fraction of sp³-hybridized carbons (Fsp3) is 0.464. The molecule has 2 amide bonds. The number of likely N-dealkylation sites (tertiary alicyclic amines) is 1. The molecule has 2 N–H and O–H groups in total. The zero-order valence-corrected chi connectivity index (χ0v) is 21.5. The van der Waals surface area contributed by atoms with E-state index >= 15 is 0 Å². The number of nitrogens with zero attached hydrogens (tertiary/aromatic N) is 3. The third kappa shape index (κ3) is 5.14. The van der Waals surface area contributed by atoms with E-state index < -0.39 is 23.3 Å². The average Bonchev–Trinajstić information content (AvgIpc) is 3.31. The van der Waals surface area contributed by atoms with Gasteiger partial charge >= 0.3 is 6.18 Å². The zero-order valence-electron chi connectivity index (χ0n) is 21.5. The molecule has 0 radical (unpaired) electrons. The lowest BCUT2D eigenvalue weighted by molar-refractivity contribution is -0.142. The largest absolute Gasteiger partial charge is 0.431 e. The molecule has 0 atom stereocenters. The highest BCUT2D eigenvalue weighted by molar-refractivity contribution is 6.03. The Balaban J connectivity index is 1.25. The van der Waals surface area contributed by atoms with Crippen molar-refractivity contribution in [3.63, 3.8) is 0 Å². The van der Waals surface area contributed by atoms with E-state index in [-0.39, 0.29) is 23.2 Å². The van der Waals surface area contributed by atoms with E-state index in [0.29, 0.717) is 11.7 Å². The van der Waals surface area contributed by atoms with Crippen molar-refractivity contribution >= 4 is 23.1 Å². The number of hydrogen-bond acceptors (Lipinski definition) is 4. The van der Waals surface area contributed by atoms with Crippen molar-refractivity contribution in [3.05, 3.63) is 65.6 Å². The molecular formula is C28H32F3N5O2. The molecule has 1 saturated heterocycles. The number of alkyl halides is 3. The van der Waals surface area contributed by atoms with Gasteiger partial charge in [0.1, 0.15) is 17.0 Å². The van der Waals surface area contributed by atoms with E-state index in [4.69, 9.17) is 0 Å². The van der Waals surface area contributed by atoms with E-state index in [1.807, 2.05) is 12.1 Å². The minimum Gasteiger partial charge on any atom is -0.346 e. The number of amides is 2. The molecule has 202 valence electrons. The molecule has 10 heteroatoms. The van der Waals surface area contributed by atoms with Crippen molar-refractivity contribution in [2.75, 3.05) is 18.4 Å². The summed E-state index contributed by atoms with van der Waals surface area (Å²) in [7, 11) is 0. The fourth-order valence-electron chi connectivity index (χ4n) is 5.45. The van der Waals surface area contributed by atoms with E-state index in [9.17, 15) is 22.8 Å². The summed E-state index contributed by atoms with van der Waals surface area (Å²) in [5, 5.41) is 6.04. The van der Waals surface area contributed by atoms with Crippen LogP contribution in [0.3, 0.4) is 0 Å². The van der Waals surface area contributed by atoms with Gasteiger partial charge in [-0.15, -0.1) is 0 Å². The summed E-state index contributed by atoms with van der Waals surface area (Å²) in [5.74, 6) is -0.478. The molecule has 1 saturated carbocycles. The Morgan fingerprint density at radius 3 is 2.32 bits per heavy atom. The van der Waals surface area contributed by atoms with Crippen molar-refractivity contribution in [2.24, 2.45) is 5.92 Å². The van der Waals surface area contributed by atoms with Gasteiger partial charge < -0.3 is 15.5 Å². The minimum absolute atomic E-state index is 0.0179. The van der Waals surface area contributed by atoms with Crippen LogP contribution in [0.2, 0.25) is 0 Å². The van der Waals surface area contributed by atoms with Crippen molar-refractivity contribution in [1.29, 1.82) is 0 Å². The van der Waals surface area contributed by atoms with Crippen LogP contribution in [0.1, 0.15) is 67.7 Å². The summed E-state index contributed by atoms with van der Waals surface area (Å²) < 4.78 is 40.8. The monoisotopic (exact) mass is 527 g/mol. The topological polar surface area (TPSA) is 78.7 Å². The van der Waals surface area contributed by atoms with Gasteiger partial charge in [0.15, 0.2) is 0 Å². The van der Waals surface area contributed by atoms with Gasteiger partial charge in [-0.25, -0.2) is 4.98 Å². The average molecular weight is 528 g/mol. The van der Waals surface area contributed by atoms with Gasteiger partial charge in [-0.1, -0.05) is 18.2 Å². The second-order valence-corrected chi connectivity index (χ2v) is 10.6. The molecule has 2 fully saturated rings. The number of halogens is 3. The van der Waals surface area contributed by atoms with Gasteiger partial charge in [-0.3, -0.25) is 14.0 Å². The summed E-state index contributed by atoms with van der Waals surface area (Å²) >= 11 is 0. The Kier molecular flexibility index (Phi) is 6.94. The molecule has 5 rings (SSSR count). The maximum Gasteiger partial charge on any atom is 0.431 e. The Morgan fingerprint density at radius 2 is 1.74 bits per heavy atom. The van der Waals surface area contributed by atoms with Crippen molar-refractivity contribution < 1.29 is 22.8 Å². The summed E-state index contributed by atoms with van der Waals surface area (Å²) in [6.45, 7) is 6.22. The summed E-state index contributed by atoms with van der Waals surface area (Å²) in [5.41, 5.74) is 0.106. The highest BCUT2D eigenvalue weighted by atomic mass is 19.4. The molecule has 3 aromatic rings. The van der Waals surface area contributed by atoms with Gasteiger partial charge in [0.2, 0.25) is 5.91 Å². The van der Waals surface area contributed by atoms with Crippen LogP contribution in [0, 0.1) is 5.92 Å².